The van der Waals surface area contributed by atoms with Gasteiger partial charge >= 0.3 is 0 Å². The highest BCUT2D eigenvalue weighted by Gasteiger charge is 2.27. The van der Waals surface area contributed by atoms with Gasteiger partial charge in [0.05, 0.1) is 21.1 Å². The van der Waals surface area contributed by atoms with Crippen molar-refractivity contribution in [1.82, 2.24) is 0 Å². The first kappa shape index (κ1) is 16.4. The quantitative estimate of drug-likeness (QED) is 0.510. The maximum absolute atomic E-state index is 13.2. The molecule has 0 radical (unpaired) electrons. The van der Waals surface area contributed by atoms with Gasteiger partial charge in [-0.3, -0.25) is 4.79 Å². The van der Waals surface area contributed by atoms with Crippen LogP contribution in [0.4, 0.5) is 0 Å². The van der Waals surface area contributed by atoms with Gasteiger partial charge in [0.15, 0.2) is 5.78 Å². The molecule has 0 saturated carbocycles. The molecule has 2 heteroatoms. The topological polar surface area (TPSA) is 17.1 Å². The number of quaternary nitrogens is 1. The smallest absolute Gasteiger partial charge is 0.193 e. The Morgan fingerprint density at radius 1 is 0.833 bits per heavy atom. The van der Waals surface area contributed by atoms with Crippen LogP contribution < -0.4 is 0 Å². The fourth-order valence-corrected chi connectivity index (χ4v) is 3.29. The molecule has 1 aromatic carbocycles. The van der Waals surface area contributed by atoms with Crippen LogP contribution in [-0.2, 0) is 6.54 Å². The van der Waals surface area contributed by atoms with E-state index < -0.39 is 0 Å². The van der Waals surface area contributed by atoms with Crippen molar-refractivity contribution in [3.63, 3.8) is 0 Å². The van der Waals surface area contributed by atoms with Gasteiger partial charge in [-0.05, 0) is 23.6 Å². The monoisotopic (exact) mass is 318 g/mol. The normalized spacial score (nSPS) is 11.7. The van der Waals surface area contributed by atoms with E-state index in [1.165, 1.54) is 11.1 Å². The van der Waals surface area contributed by atoms with Crippen molar-refractivity contribution in [3.8, 4) is 11.1 Å². The second-order valence-corrected chi connectivity index (χ2v) is 7.36. The zero-order valence-corrected chi connectivity index (χ0v) is 14.8. The Kier molecular flexibility index (Phi) is 4.25. The summed E-state index contributed by atoms with van der Waals surface area (Å²) >= 11 is 0. The summed E-state index contributed by atoms with van der Waals surface area (Å²) in [6.45, 7) is 2.98. The fourth-order valence-electron chi connectivity index (χ4n) is 3.29. The van der Waals surface area contributed by atoms with Crippen LogP contribution in [0.1, 0.15) is 27.0 Å². The van der Waals surface area contributed by atoms with Gasteiger partial charge in [0.2, 0.25) is 0 Å². The molecular weight excluding hydrogens is 294 g/mol. The highest BCUT2D eigenvalue weighted by Crippen LogP contribution is 2.38. The molecule has 2 nitrogen and oxygen atoms in total. The highest BCUT2D eigenvalue weighted by molar-refractivity contribution is 6.15. The van der Waals surface area contributed by atoms with Gasteiger partial charge in [0, 0.05) is 16.7 Å². The second-order valence-electron chi connectivity index (χ2n) is 7.36. The molecule has 0 aliphatic heterocycles. The van der Waals surface area contributed by atoms with Gasteiger partial charge in [-0.25, -0.2) is 0 Å². The van der Waals surface area contributed by atoms with E-state index in [2.05, 4.69) is 46.3 Å². The predicted octanol–water partition coefficient (Wildman–Crippen LogP) is 4.54. The molecule has 1 aromatic rings. The lowest BCUT2D eigenvalue weighted by atomic mass is 9.99. The third-order valence-electron chi connectivity index (χ3n) is 4.36. The van der Waals surface area contributed by atoms with E-state index >= 15 is 0 Å². The molecule has 0 heterocycles. The molecule has 2 aliphatic carbocycles. The number of hydrogen-bond acceptors (Lipinski definition) is 1. The van der Waals surface area contributed by atoms with Crippen molar-refractivity contribution in [2.75, 3.05) is 21.1 Å². The Labute approximate surface area is 144 Å². The maximum Gasteiger partial charge on any atom is 0.193 e. The third kappa shape index (κ3) is 3.10. The van der Waals surface area contributed by atoms with Crippen LogP contribution in [0, 0.1) is 6.92 Å². The Morgan fingerprint density at radius 2 is 1.38 bits per heavy atom. The number of carbonyl (C=O) groups excluding carboxylic acids is 1. The Bertz CT molecular complexity index is 844. The summed E-state index contributed by atoms with van der Waals surface area (Å²) in [6, 6.07) is 19.8. The van der Waals surface area contributed by atoms with Gasteiger partial charge in [-0.15, -0.1) is 0 Å². The van der Waals surface area contributed by atoms with Crippen LogP contribution in [0.15, 0.2) is 60.7 Å². The number of nitrogens with zero attached hydrogens (tertiary/aromatic N) is 1. The second kappa shape index (κ2) is 6.21. The van der Waals surface area contributed by atoms with Crippen LogP contribution in [0.3, 0.4) is 0 Å². The van der Waals surface area contributed by atoms with Crippen LogP contribution in [0.5, 0.6) is 0 Å². The number of rotatable bonds is 4. The summed E-state index contributed by atoms with van der Waals surface area (Å²) in [6.07, 6.45) is 0. The van der Waals surface area contributed by atoms with Crippen LogP contribution in [-0.4, -0.2) is 31.4 Å². The minimum absolute atomic E-state index is 0.108. The minimum Gasteiger partial charge on any atom is -0.327 e. The molecular formula is C22H24NO+. The fraction of sp³-hybridized carbons (Fsp3) is 0.227. The molecule has 24 heavy (non-hydrogen) atoms. The van der Waals surface area contributed by atoms with Gasteiger partial charge in [-0.2, -0.15) is 0 Å². The van der Waals surface area contributed by atoms with E-state index in [4.69, 9.17) is 0 Å². The van der Waals surface area contributed by atoms with Crippen molar-refractivity contribution < 1.29 is 9.28 Å². The van der Waals surface area contributed by atoms with E-state index in [-0.39, 0.29) is 5.78 Å². The molecule has 0 N–H and O–H groups in total. The summed E-state index contributed by atoms with van der Waals surface area (Å²) in [5.74, 6) is 0.108. The lowest BCUT2D eigenvalue weighted by molar-refractivity contribution is -0.883. The summed E-state index contributed by atoms with van der Waals surface area (Å²) in [5, 5.41) is 0. The zero-order valence-electron chi connectivity index (χ0n) is 14.8. The number of ketones is 1. The number of fused-ring (bicyclic) bond motifs is 1. The zero-order chi connectivity index (χ0) is 17.3. The van der Waals surface area contributed by atoms with Gasteiger partial charge < -0.3 is 4.48 Å². The summed E-state index contributed by atoms with van der Waals surface area (Å²) in [5.41, 5.74) is 6.21. The van der Waals surface area contributed by atoms with Crippen molar-refractivity contribution in [3.05, 3.63) is 82.9 Å². The first-order valence-corrected chi connectivity index (χ1v) is 8.29. The molecule has 3 rings (SSSR count). The molecule has 0 saturated heterocycles. The average Bonchev–Trinajstić information content (AvgIpc) is 2.71. The Hall–Kier alpha value is -2.45. The average molecular weight is 318 g/mol. The van der Waals surface area contributed by atoms with E-state index in [9.17, 15) is 4.79 Å². The SMILES string of the molecule is Cc1c(C[N+](C)(C)C)c2cccccc-2c1C(=O)c1ccccc1. The molecule has 2 aliphatic rings. The van der Waals surface area contributed by atoms with Crippen LogP contribution in [0.2, 0.25) is 0 Å². The van der Waals surface area contributed by atoms with Crippen LogP contribution >= 0.6 is 0 Å². The predicted molar refractivity (Wildman–Crippen MR) is 99.4 cm³/mol. The number of hydrogen-bond donors (Lipinski definition) is 0. The van der Waals surface area contributed by atoms with Crippen molar-refractivity contribution in [2.24, 2.45) is 0 Å². The molecule has 122 valence electrons. The van der Waals surface area contributed by atoms with Gasteiger partial charge in [0.1, 0.15) is 6.54 Å². The van der Waals surface area contributed by atoms with Gasteiger partial charge in [0.25, 0.3) is 0 Å². The number of benzene rings is 1. The van der Waals surface area contributed by atoms with Crippen molar-refractivity contribution in [2.45, 2.75) is 13.5 Å². The van der Waals surface area contributed by atoms with Crippen LogP contribution in [0.25, 0.3) is 11.1 Å². The first-order chi connectivity index (χ1) is 11.4. The largest absolute Gasteiger partial charge is 0.327 e. The first-order valence-electron chi connectivity index (χ1n) is 8.29. The van der Waals surface area contributed by atoms with Gasteiger partial charge in [-0.1, -0.05) is 60.7 Å². The van der Waals surface area contributed by atoms with Crippen molar-refractivity contribution >= 4 is 5.78 Å². The van der Waals surface area contributed by atoms with E-state index in [1.807, 2.05) is 42.5 Å². The lowest BCUT2D eigenvalue weighted by Gasteiger charge is -2.24. The lowest BCUT2D eigenvalue weighted by Crippen LogP contribution is -2.33. The Morgan fingerprint density at radius 3 is 1.96 bits per heavy atom. The van der Waals surface area contributed by atoms with E-state index in [1.54, 1.807) is 0 Å². The van der Waals surface area contributed by atoms with E-state index in [0.717, 1.165) is 33.3 Å². The molecule has 0 aromatic heterocycles. The minimum atomic E-state index is 0.108. The molecule has 0 atom stereocenters. The molecule has 0 unspecified atom stereocenters. The van der Waals surface area contributed by atoms with E-state index in [0.29, 0.717) is 0 Å². The molecule has 0 bridgehead atoms. The number of carbonyl (C=O) groups is 1. The molecule has 0 spiro atoms. The summed E-state index contributed by atoms with van der Waals surface area (Å²) < 4.78 is 0.831. The van der Waals surface area contributed by atoms with Crippen molar-refractivity contribution in [1.29, 1.82) is 0 Å². The maximum atomic E-state index is 13.2. The molecule has 0 fully saturated rings. The Balaban J connectivity index is 2.22. The highest BCUT2D eigenvalue weighted by atomic mass is 16.1. The molecule has 0 amide bonds. The summed E-state index contributed by atoms with van der Waals surface area (Å²) in [7, 11) is 6.54. The standard InChI is InChI=1S/C22H24NO/c1-16-20(15-23(2,3)4)18-13-9-6-10-14-19(18)21(16)22(24)17-11-7-5-8-12-17/h5-14H,15H2,1-4H3/q+1. The third-order valence-corrected chi connectivity index (χ3v) is 4.36. The summed E-state index contributed by atoms with van der Waals surface area (Å²) in [4.78, 5) is 13.2.